The van der Waals surface area contributed by atoms with Crippen LogP contribution < -0.4 is 10.3 Å². The second kappa shape index (κ2) is 11.5. The molecule has 2 N–H and O–H groups in total. The summed E-state index contributed by atoms with van der Waals surface area (Å²) in [6.45, 7) is 1.56. The van der Waals surface area contributed by atoms with Gasteiger partial charge in [0.1, 0.15) is 17.9 Å². The van der Waals surface area contributed by atoms with Crippen LogP contribution in [0, 0.1) is 11.3 Å². The van der Waals surface area contributed by atoms with Crippen molar-refractivity contribution in [1.29, 1.82) is 5.26 Å². The minimum Gasteiger partial charge on any atom is -0.454 e. The Morgan fingerprint density at radius 3 is 2.47 bits per heavy atom. The zero-order chi connectivity index (χ0) is 26.3. The molecule has 0 saturated heterocycles. The van der Waals surface area contributed by atoms with E-state index in [1.807, 2.05) is 6.07 Å². The van der Waals surface area contributed by atoms with Crippen LogP contribution >= 0.6 is 8.25 Å². The third kappa shape index (κ3) is 5.92. The van der Waals surface area contributed by atoms with E-state index in [0.29, 0.717) is 5.52 Å². The monoisotopic (exact) mass is 516 g/mol. The molecule has 13 nitrogen and oxygen atoms in total. The molecule has 0 spiro atoms. The zero-order valence-electron chi connectivity index (χ0n) is 19.6. The molecule has 0 aliphatic heterocycles. The topological polar surface area (TPSA) is 177 Å². The number of benzene rings is 1. The van der Waals surface area contributed by atoms with Gasteiger partial charge in [-0.05, 0) is 24.3 Å². The first-order valence-corrected chi connectivity index (χ1v) is 11.5. The number of nitrogen functional groups attached to an aromatic ring is 1. The van der Waals surface area contributed by atoms with E-state index in [9.17, 15) is 19.4 Å². The highest BCUT2D eigenvalue weighted by molar-refractivity contribution is 7.33. The number of methoxy groups -OCH3 is 1. The zero-order valence-corrected chi connectivity index (χ0v) is 20.5. The van der Waals surface area contributed by atoms with Gasteiger partial charge in [-0.15, -0.1) is 4.52 Å². The Kier molecular flexibility index (Phi) is 8.50. The lowest BCUT2D eigenvalue weighted by atomic mass is 9.92. The van der Waals surface area contributed by atoms with E-state index < -0.39 is 44.6 Å². The van der Waals surface area contributed by atoms with E-state index in [1.54, 1.807) is 36.4 Å². The smallest absolute Gasteiger partial charge is 0.454 e. The summed E-state index contributed by atoms with van der Waals surface area (Å²) in [7, 11) is -1.60. The molecule has 0 amide bonds. The van der Waals surface area contributed by atoms with Crippen LogP contribution in [-0.2, 0) is 32.9 Å². The van der Waals surface area contributed by atoms with Gasteiger partial charge in [-0.25, -0.2) is 14.0 Å². The molecule has 36 heavy (non-hydrogen) atoms. The average Bonchev–Trinajstić information content (AvgIpc) is 3.28. The Balaban J connectivity index is 2.01. The molecule has 188 valence electrons. The van der Waals surface area contributed by atoms with E-state index in [2.05, 4.69) is 10.1 Å². The number of anilines is 1. The third-order valence-corrected chi connectivity index (χ3v) is 5.68. The number of fused-ring (bicyclic) bond motifs is 1. The minimum absolute atomic E-state index is 0.138. The van der Waals surface area contributed by atoms with Gasteiger partial charge in [-0.3, -0.25) is 9.59 Å². The van der Waals surface area contributed by atoms with Gasteiger partial charge in [0.05, 0.1) is 5.69 Å². The Hall–Kier alpha value is -4.11. The van der Waals surface area contributed by atoms with Crippen molar-refractivity contribution in [3.05, 3.63) is 54.5 Å². The van der Waals surface area contributed by atoms with Crippen molar-refractivity contribution in [1.82, 2.24) is 14.6 Å². The number of nitriles is 1. The van der Waals surface area contributed by atoms with Crippen LogP contribution in [0.4, 0.5) is 5.82 Å². The van der Waals surface area contributed by atoms with E-state index in [0.717, 1.165) is 21.0 Å². The van der Waals surface area contributed by atoms with Gasteiger partial charge in [0.15, 0.2) is 30.4 Å². The Bertz CT molecular complexity index is 1290. The molecule has 0 aliphatic carbocycles. The molecule has 3 rings (SSSR count). The molecule has 3 aromatic rings. The molecular weight excluding hydrogens is 493 g/mol. The van der Waals surface area contributed by atoms with Crippen LogP contribution in [-0.4, -0.2) is 52.0 Å². The van der Waals surface area contributed by atoms with Crippen LogP contribution in [0.1, 0.15) is 25.6 Å². The van der Waals surface area contributed by atoms with Gasteiger partial charge >= 0.3 is 20.2 Å². The van der Waals surface area contributed by atoms with Crippen molar-refractivity contribution in [2.45, 2.75) is 31.7 Å². The fourth-order valence-electron chi connectivity index (χ4n) is 3.37. The average molecular weight is 516 g/mol. The summed E-state index contributed by atoms with van der Waals surface area (Å²) in [6, 6.07) is 13.2. The molecule has 1 aromatic carbocycles. The molecular formula is C22H23N5O8P+. The molecule has 2 aromatic heterocycles. The van der Waals surface area contributed by atoms with Crippen LogP contribution in [0.3, 0.4) is 0 Å². The normalized spacial score (nSPS) is 14.7. The van der Waals surface area contributed by atoms with E-state index >= 15 is 0 Å². The number of para-hydroxylation sites is 1. The predicted molar refractivity (Wildman–Crippen MR) is 123 cm³/mol. The Morgan fingerprint density at radius 1 is 1.17 bits per heavy atom. The molecule has 2 heterocycles. The first kappa shape index (κ1) is 26.5. The van der Waals surface area contributed by atoms with E-state index in [1.165, 1.54) is 16.9 Å². The molecule has 0 fully saturated rings. The SMILES string of the molecule is CO[C@](C#N)(CO[P+](=O)Oc1ccccc1)[C@@H](OC(C)=O)[C@@H](OC(C)=O)c1ccc2c(N)ncnn12. The highest BCUT2D eigenvalue weighted by Crippen LogP contribution is 2.37. The van der Waals surface area contributed by atoms with Crippen LogP contribution in [0.15, 0.2) is 48.8 Å². The molecule has 4 atom stereocenters. The lowest BCUT2D eigenvalue weighted by Crippen LogP contribution is -2.52. The molecule has 1 unspecified atom stereocenters. The fourth-order valence-corrected chi connectivity index (χ4v) is 4.01. The molecule has 0 bridgehead atoms. The minimum atomic E-state index is -2.76. The molecule has 0 saturated carbocycles. The lowest BCUT2D eigenvalue weighted by Gasteiger charge is -2.35. The lowest BCUT2D eigenvalue weighted by molar-refractivity contribution is -0.191. The number of esters is 2. The number of rotatable bonds is 11. The second-order valence-corrected chi connectivity index (χ2v) is 8.26. The molecule has 14 heteroatoms. The first-order chi connectivity index (χ1) is 17.2. The number of carbonyl (C=O) groups excluding carboxylic acids is 2. The van der Waals surface area contributed by atoms with Gasteiger partial charge in [0.2, 0.25) is 5.60 Å². The summed E-state index contributed by atoms with van der Waals surface area (Å²) in [5, 5.41) is 14.2. The number of ether oxygens (including phenoxy) is 3. The maximum Gasteiger partial charge on any atom is 0.750 e. The Labute approximate surface area is 206 Å². The summed E-state index contributed by atoms with van der Waals surface area (Å²) in [5.74, 6) is -1.16. The highest BCUT2D eigenvalue weighted by atomic mass is 31.1. The number of carbonyl (C=O) groups is 2. The number of nitrogens with two attached hydrogens (primary N) is 1. The third-order valence-electron chi connectivity index (χ3n) is 4.98. The quantitative estimate of drug-likeness (QED) is 0.291. The van der Waals surface area contributed by atoms with Crippen LogP contribution in [0.5, 0.6) is 5.75 Å². The van der Waals surface area contributed by atoms with Gasteiger partial charge in [0, 0.05) is 25.5 Å². The number of hydrogen-bond donors (Lipinski definition) is 1. The number of hydrogen-bond acceptors (Lipinski definition) is 12. The van der Waals surface area contributed by atoms with Crippen LogP contribution in [0.25, 0.3) is 5.52 Å². The summed E-state index contributed by atoms with van der Waals surface area (Å²) in [5.41, 5.74) is 4.38. The van der Waals surface area contributed by atoms with Crippen molar-refractivity contribution in [2.24, 2.45) is 0 Å². The molecule has 0 aliphatic rings. The van der Waals surface area contributed by atoms with Crippen molar-refractivity contribution in [2.75, 3.05) is 19.5 Å². The van der Waals surface area contributed by atoms with E-state index in [-0.39, 0.29) is 17.3 Å². The Morgan fingerprint density at radius 2 is 1.86 bits per heavy atom. The summed E-state index contributed by atoms with van der Waals surface area (Å²) >= 11 is 0. The summed E-state index contributed by atoms with van der Waals surface area (Å²) < 4.78 is 40.6. The standard InChI is InChI=1S/C22H23N5O8P/c1-14(28)33-19(17-9-10-18-21(24)25-13-26-27(17)18)20(34-15(2)29)22(11-23,31-3)12-32-36(30)35-16-7-5-4-6-8-16/h4-10,13,19-20H,12H2,1-3H3,(H2,24,25,26)/q+1/t19-,20-,22+/m0/s1. The van der Waals surface area contributed by atoms with Crippen molar-refractivity contribution in [3.63, 3.8) is 0 Å². The fraction of sp³-hybridized carbons (Fsp3) is 0.318. The largest absolute Gasteiger partial charge is 0.750 e. The first-order valence-electron chi connectivity index (χ1n) is 10.4. The van der Waals surface area contributed by atoms with Crippen molar-refractivity contribution >= 4 is 31.5 Å². The summed E-state index contributed by atoms with van der Waals surface area (Å²) in [6.07, 6.45) is -1.83. The number of aromatic nitrogens is 3. The summed E-state index contributed by atoms with van der Waals surface area (Å²) in [4.78, 5) is 28.1. The van der Waals surface area contributed by atoms with Gasteiger partial charge in [0.25, 0.3) is 0 Å². The second-order valence-electron chi connectivity index (χ2n) is 7.37. The van der Waals surface area contributed by atoms with Crippen LogP contribution in [0.2, 0.25) is 0 Å². The van der Waals surface area contributed by atoms with Crippen molar-refractivity contribution in [3.8, 4) is 11.8 Å². The van der Waals surface area contributed by atoms with E-state index in [4.69, 9.17) is 29.0 Å². The van der Waals surface area contributed by atoms with Gasteiger partial charge < -0.3 is 19.9 Å². The highest BCUT2D eigenvalue weighted by Gasteiger charge is 2.52. The predicted octanol–water partition coefficient (Wildman–Crippen LogP) is 2.51. The van der Waals surface area contributed by atoms with Gasteiger partial charge in [-0.1, -0.05) is 18.2 Å². The van der Waals surface area contributed by atoms with Crippen molar-refractivity contribution < 1.29 is 37.4 Å². The maximum atomic E-state index is 12.4. The van der Waals surface area contributed by atoms with Gasteiger partial charge in [-0.2, -0.15) is 10.4 Å². The number of nitrogens with zero attached hydrogens (tertiary/aromatic N) is 4. The molecule has 0 radical (unpaired) electrons. The maximum absolute atomic E-state index is 12.4.